The summed E-state index contributed by atoms with van der Waals surface area (Å²) in [7, 11) is 0. The maximum absolute atomic E-state index is 12.5. The van der Waals surface area contributed by atoms with Crippen molar-refractivity contribution in [3.05, 3.63) is 17.5 Å². The van der Waals surface area contributed by atoms with Gasteiger partial charge < -0.3 is 19.6 Å². The zero-order valence-electron chi connectivity index (χ0n) is 17.1. The van der Waals surface area contributed by atoms with Crippen LogP contribution >= 0.6 is 11.6 Å². The minimum Gasteiger partial charge on any atom is -0.444 e. The normalized spacial score (nSPS) is 20.0. The Morgan fingerprint density at radius 3 is 2.52 bits per heavy atom. The van der Waals surface area contributed by atoms with Crippen LogP contribution in [0.1, 0.15) is 33.6 Å². The molecule has 1 aromatic rings. The van der Waals surface area contributed by atoms with Gasteiger partial charge in [0.05, 0.1) is 5.60 Å². The summed E-state index contributed by atoms with van der Waals surface area (Å²) in [6.07, 6.45) is 1.95. The highest BCUT2D eigenvalue weighted by atomic mass is 35.5. The fraction of sp³-hybridized carbons (Fsp3) is 0.684. The maximum atomic E-state index is 12.5. The summed E-state index contributed by atoms with van der Waals surface area (Å²) in [6, 6.07) is 1.70. The lowest BCUT2D eigenvalue weighted by Gasteiger charge is -2.43. The molecular weight excluding hydrogens is 398 g/mol. The first-order chi connectivity index (χ1) is 13.5. The van der Waals surface area contributed by atoms with Crippen LogP contribution in [0.4, 0.5) is 10.6 Å². The van der Waals surface area contributed by atoms with Crippen molar-refractivity contribution in [3.63, 3.8) is 0 Å². The van der Waals surface area contributed by atoms with E-state index in [4.69, 9.17) is 16.3 Å². The Kier molecular flexibility index (Phi) is 6.19. The molecule has 0 bridgehead atoms. The smallest absolute Gasteiger partial charge is 0.410 e. The number of ether oxygens (including phenoxy) is 1. The lowest BCUT2D eigenvalue weighted by Crippen LogP contribution is -2.58. The Bertz CT molecular complexity index is 761. The molecule has 9 nitrogen and oxygen atoms in total. The number of β-amino-alcohol motifs (C(OH)–C–C–N with tert-alkyl or cyclic N) is 1. The first-order valence-corrected chi connectivity index (χ1v) is 10.1. The molecule has 2 saturated heterocycles. The molecule has 0 atom stereocenters. The molecule has 1 N–H and O–H groups in total. The predicted molar refractivity (Wildman–Crippen MR) is 108 cm³/mol. The summed E-state index contributed by atoms with van der Waals surface area (Å²) < 4.78 is 5.33. The largest absolute Gasteiger partial charge is 0.444 e. The number of piperazine rings is 1. The fourth-order valence-electron chi connectivity index (χ4n) is 3.52. The first-order valence-electron chi connectivity index (χ1n) is 9.75. The Morgan fingerprint density at radius 2 is 1.93 bits per heavy atom. The molecule has 160 valence electrons. The van der Waals surface area contributed by atoms with Crippen LogP contribution in [0, 0.1) is 0 Å². The van der Waals surface area contributed by atoms with Crippen LogP contribution in [0.5, 0.6) is 0 Å². The second-order valence-corrected chi connectivity index (χ2v) is 9.01. The van der Waals surface area contributed by atoms with Crippen molar-refractivity contribution in [1.82, 2.24) is 19.8 Å². The van der Waals surface area contributed by atoms with Crippen LogP contribution < -0.4 is 4.90 Å². The van der Waals surface area contributed by atoms with E-state index in [2.05, 4.69) is 9.97 Å². The van der Waals surface area contributed by atoms with Crippen LogP contribution in [0.25, 0.3) is 0 Å². The number of rotatable bonds is 3. The van der Waals surface area contributed by atoms with Gasteiger partial charge in [0.25, 0.3) is 0 Å². The van der Waals surface area contributed by atoms with E-state index in [9.17, 15) is 14.7 Å². The van der Waals surface area contributed by atoms with E-state index < -0.39 is 17.3 Å². The van der Waals surface area contributed by atoms with Gasteiger partial charge in [-0.3, -0.25) is 9.69 Å². The number of aliphatic hydroxyl groups is 1. The molecule has 0 radical (unpaired) electrons. The van der Waals surface area contributed by atoms with Gasteiger partial charge in [0.15, 0.2) is 0 Å². The van der Waals surface area contributed by atoms with Gasteiger partial charge >= 0.3 is 6.09 Å². The number of hydrogen-bond acceptors (Lipinski definition) is 7. The molecule has 10 heteroatoms. The average Bonchev–Trinajstić information content (AvgIpc) is 2.62. The van der Waals surface area contributed by atoms with Gasteiger partial charge in [-0.2, -0.15) is 0 Å². The van der Waals surface area contributed by atoms with Crippen LogP contribution in [0.15, 0.2) is 12.4 Å². The molecule has 0 unspecified atom stereocenters. The van der Waals surface area contributed by atoms with Crippen molar-refractivity contribution in [2.75, 3.05) is 44.2 Å². The van der Waals surface area contributed by atoms with Crippen molar-refractivity contribution >= 4 is 29.4 Å². The van der Waals surface area contributed by atoms with Gasteiger partial charge in [-0.1, -0.05) is 11.6 Å². The second-order valence-electron chi connectivity index (χ2n) is 8.63. The zero-order valence-corrected chi connectivity index (χ0v) is 17.9. The average molecular weight is 426 g/mol. The number of hydrogen-bond donors (Lipinski definition) is 1. The second kappa shape index (κ2) is 8.31. The molecule has 1 aromatic heterocycles. The van der Waals surface area contributed by atoms with Crippen molar-refractivity contribution in [2.45, 2.75) is 44.8 Å². The molecule has 3 rings (SSSR count). The molecule has 0 aromatic carbocycles. The van der Waals surface area contributed by atoms with Crippen LogP contribution in [0.3, 0.4) is 0 Å². The predicted octanol–water partition coefficient (Wildman–Crippen LogP) is 1.54. The summed E-state index contributed by atoms with van der Waals surface area (Å²) in [5.41, 5.74) is -1.56. The summed E-state index contributed by atoms with van der Waals surface area (Å²) >= 11 is 5.93. The maximum Gasteiger partial charge on any atom is 0.410 e. The highest BCUT2D eigenvalue weighted by Gasteiger charge is 2.38. The highest BCUT2D eigenvalue weighted by Crippen LogP contribution is 2.27. The number of carbonyl (C=O) groups is 2. The number of piperidine rings is 1. The molecule has 0 saturated carbocycles. The fourth-order valence-corrected chi connectivity index (χ4v) is 3.66. The van der Waals surface area contributed by atoms with Gasteiger partial charge in [0, 0.05) is 38.8 Å². The van der Waals surface area contributed by atoms with Crippen molar-refractivity contribution in [3.8, 4) is 0 Å². The van der Waals surface area contributed by atoms with Crippen molar-refractivity contribution in [1.29, 1.82) is 0 Å². The summed E-state index contributed by atoms with van der Waals surface area (Å²) in [5, 5.41) is 11.4. The number of halogens is 1. The molecular formula is C19H28ClN5O4. The monoisotopic (exact) mass is 425 g/mol. The molecule has 2 amide bonds. The molecule has 3 heterocycles. The van der Waals surface area contributed by atoms with Crippen LogP contribution in [-0.2, 0) is 9.53 Å². The van der Waals surface area contributed by atoms with Crippen molar-refractivity contribution < 1.29 is 19.4 Å². The minimum atomic E-state index is -0.961. The number of carbonyl (C=O) groups excluding carboxylic acids is 2. The van der Waals surface area contributed by atoms with E-state index >= 15 is 0 Å². The zero-order chi connectivity index (χ0) is 21.2. The van der Waals surface area contributed by atoms with Gasteiger partial charge in [-0.15, -0.1) is 0 Å². The quantitative estimate of drug-likeness (QED) is 0.733. The molecule has 0 spiro atoms. The van der Waals surface area contributed by atoms with Gasteiger partial charge in [-0.05, 0) is 33.6 Å². The molecule has 29 heavy (non-hydrogen) atoms. The molecule has 2 aliphatic rings. The summed E-state index contributed by atoms with van der Waals surface area (Å²) in [5.74, 6) is 0.551. The lowest BCUT2D eigenvalue weighted by molar-refractivity contribution is -0.140. The summed E-state index contributed by atoms with van der Waals surface area (Å²) in [6.45, 7) is 7.59. The van der Waals surface area contributed by atoms with Gasteiger partial charge in [-0.25, -0.2) is 14.8 Å². The number of nitrogens with zero attached hydrogens (tertiary/aromatic N) is 5. The number of anilines is 1. The Labute approximate surface area is 175 Å². The Hall–Kier alpha value is -2.13. The molecule has 0 aliphatic carbocycles. The highest BCUT2D eigenvalue weighted by molar-refractivity contribution is 6.29. The Balaban J connectivity index is 1.52. The standard InChI is InChI=1S/C19H28ClN5O4/c1-18(2,3)29-17(27)24-8-9-25(16(26)11-24)12-19(28)4-6-23(7-5-19)15-10-14(20)21-13-22-15/h10,13,28H,4-9,11-12H2,1-3H3. The van der Waals surface area contributed by atoms with E-state index in [0.717, 1.165) is 5.82 Å². The van der Waals surface area contributed by atoms with E-state index in [1.54, 1.807) is 31.7 Å². The molecule has 2 aliphatic heterocycles. The van der Waals surface area contributed by atoms with E-state index in [1.165, 1.54) is 11.2 Å². The minimum absolute atomic E-state index is 0.0312. The van der Waals surface area contributed by atoms with Crippen molar-refractivity contribution in [2.24, 2.45) is 0 Å². The number of amides is 2. The van der Waals surface area contributed by atoms with E-state index in [0.29, 0.717) is 44.2 Å². The van der Waals surface area contributed by atoms with Crippen LogP contribution in [-0.4, -0.2) is 87.3 Å². The lowest BCUT2D eigenvalue weighted by atomic mass is 9.90. The Morgan fingerprint density at radius 1 is 1.24 bits per heavy atom. The van der Waals surface area contributed by atoms with E-state index in [1.807, 2.05) is 4.90 Å². The third kappa shape index (κ3) is 5.70. The third-order valence-corrected chi connectivity index (χ3v) is 5.30. The topological polar surface area (TPSA) is 99.1 Å². The van der Waals surface area contributed by atoms with E-state index in [-0.39, 0.29) is 19.0 Å². The van der Waals surface area contributed by atoms with Gasteiger partial charge in [0.2, 0.25) is 5.91 Å². The molecule has 2 fully saturated rings. The summed E-state index contributed by atoms with van der Waals surface area (Å²) in [4.78, 5) is 37.9. The first kappa shape index (κ1) is 21.6. The third-order valence-electron chi connectivity index (χ3n) is 5.09. The SMILES string of the molecule is CC(C)(C)OC(=O)N1CCN(CC2(O)CCN(c3cc(Cl)ncn3)CC2)C(=O)C1. The number of aromatic nitrogens is 2. The van der Waals surface area contributed by atoms with Crippen LogP contribution in [0.2, 0.25) is 5.15 Å². The van der Waals surface area contributed by atoms with Gasteiger partial charge in [0.1, 0.15) is 29.4 Å².